The molecule has 0 amide bonds. The maximum Gasteiger partial charge on any atom is 0.144 e. The Bertz CT molecular complexity index is 704. The van der Waals surface area contributed by atoms with Crippen molar-refractivity contribution in [1.82, 2.24) is 9.55 Å². The van der Waals surface area contributed by atoms with Crippen LogP contribution in [0.3, 0.4) is 0 Å². The molecule has 0 unspecified atom stereocenters. The van der Waals surface area contributed by atoms with Crippen molar-refractivity contribution in [3.63, 3.8) is 0 Å². The molecule has 0 spiro atoms. The van der Waals surface area contributed by atoms with Crippen molar-refractivity contribution in [2.24, 2.45) is 0 Å². The number of aromatic nitrogens is 2. The van der Waals surface area contributed by atoms with Crippen molar-refractivity contribution >= 4 is 17.3 Å². The molecule has 0 aliphatic heterocycles. The molecule has 2 aromatic carbocycles. The van der Waals surface area contributed by atoms with Crippen LogP contribution in [0.1, 0.15) is 0 Å². The number of anilines is 1. The molecule has 1 heterocycles. The van der Waals surface area contributed by atoms with Gasteiger partial charge in [-0.3, -0.25) is 4.57 Å². The van der Waals surface area contributed by atoms with E-state index in [-0.39, 0.29) is 0 Å². The lowest BCUT2D eigenvalue weighted by Gasteiger charge is -2.10. The number of halogens is 1. The van der Waals surface area contributed by atoms with Gasteiger partial charge in [0.25, 0.3) is 0 Å². The van der Waals surface area contributed by atoms with Crippen LogP contribution >= 0.6 is 11.6 Å². The molecule has 4 heteroatoms. The molecule has 0 bridgehead atoms. The Hall–Kier alpha value is -2.26. The minimum absolute atomic E-state index is 0.627. The molecule has 3 rings (SSSR count). The molecule has 0 aliphatic carbocycles. The zero-order chi connectivity index (χ0) is 13.2. The van der Waals surface area contributed by atoms with Crippen molar-refractivity contribution in [3.05, 3.63) is 65.9 Å². The molecule has 0 aliphatic rings. The van der Waals surface area contributed by atoms with Gasteiger partial charge in [0.05, 0.1) is 11.4 Å². The Morgan fingerprint density at radius 3 is 2.58 bits per heavy atom. The van der Waals surface area contributed by atoms with E-state index < -0.39 is 0 Å². The number of nitrogens with zero attached hydrogens (tertiary/aromatic N) is 2. The molecule has 3 nitrogen and oxygen atoms in total. The number of rotatable bonds is 2. The van der Waals surface area contributed by atoms with Crippen LogP contribution in [0.25, 0.3) is 17.1 Å². The first-order chi connectivity index (χ1) is 9.25. The molecule has 0 radical (unpaired) electrons. The van der Waals surface area contributed by atoms with Crippen LogP contribution in [0.2, 0.25) is 5.02 Å². The minimum Gasteiger partial charge on any atom is -0.397 e. The predicted octanol–water partition coefficient (Wildman–Crippen LogP) is 3.77. The molecule has 19 heavy (non-hydrogen) atoms. The smallest absolute Gasteiger partial charge is 0.144 e. The van der Waals surface area contributed by atoms with Crippen molar-refractivity contribution in [1.29, 1.82) is 0 Å². The Morgan fingerprint density at radius 2 is 1.84 bits per heavy atom. The van der Waals surface area contributed by atoms with E-state index in [4.69, 9.17) is 17.3 Å². The standard InChI is InChI=1S/C15H12ClN3/c16-12-6-7-14(13(17)10-12)19-9-8-18-15(19)11-4-2-1-3-5-11/h1-10H,17H2. The van der Waals surface area contributed by atoms with Crippen LogP contribution in [0, 0.1) is 0 Å². The Kier molecular flexibility index (Phi) is 2.97. The molecule has 0 saturated heterocycles. The van der Waals surface area contributed by atoms with E-state index in [9.17, 15) is 0 Å². The SMILES string of the molecule is Nc1cc(Cl)ccc1-n1ccnc1-c1ccccc1. The number of hydrogen-bond donors (Lipinski definition) is 1. The first kappa shape index (κ1) is 11.8. The van der Waals surface area contributed by atoms with Crippen LogP contribution < -0.4 is 5.73 Å². The average Bonchev–Trinajstić information content (AvgIpc) is 2.89. The summed E-state index contributed by atoms with van der Waals surface area (Å²) in [7, 11) is 0. The highest BCUT2D eigenvalue weighted by molar-refractivity contribution is 6.30. The normalized spacial score (nSPS) is 10.6. The summed E-state index contributed by atoms with van der Waals surface area (Å²) >= 11 is 5.93. The zero-order valence-corrected chi connectivity index (χ0v) is 10.9. The highest BCUT2D eigenvalue weighted by Gasteiger charge is 2.09. The van der Waals surface area contributed by atoms with E-state index in [1.54, 1.807) is 12.3 Å². The van der Waals surface area contributed by atoms with E-state index >= 15 is 0 Å². The summed E-state index contributed by atoms with van der Waals surface area (Å²) in [5.74, 6) is 0.856. The van der Waals surface area contributed by atoms with E-state index in [1.165, 1.54) is 0 Å². The summed E-state index contributed by atoms with van der Waals surface area (Å²) in [5, 5.41) is 0.627. The van der Waals surface area contributed by atoms with E-state index in [0.29, 0.717) is 10.7 Å². The fraction of sp³-hybridized carbons (Fsp3) is 0. The second-order valence-electron chi connectivity index (χ2n) is 4.19. The summed E-state index contributed by atoms with van der Waals surface area (Å²) in [4.78, 5) is 4.40. The van der Waals surface area contributed by atoms with E-state index in [2.05, 4.69) is 4.98 Å². The fourth-order valence-corrected chi connectivity index (χ4v) is 2.22. The molecule has 3 aromatic rings. The number of nitrogens with two attached hydrogens (primary N) is 1. The Balaban J connectivity index is 2.15. The third kappa shape index (κ3) is 2.20. The lowest BCUT2D eigenvalue weighted by molar-refractivity contribution is 1.07. The Morgan fingerprint density at radius 1 is 1.05 bits per heavy atom. The Labute approximate surface area is 116 Å². The third-order valence-electron chi connectivity index (χ3n) is 2.92. The van der Waals surface area contributed by atoms with Crippen LogP contribution in [-0.2, 0) is 0 Å². The summed E-state index contributed by atoms with van der Waals surface area (Å²) in [6.07, 6.45) is 3.65. The van der Waals surface area contributed by atoms with Gasteiger partial charge in [-0.15, -0.1) is 0 Å². The maximum atomic E-state index is 6.03. The van der Waals surface area contributed by atoms with Gasteiger partial charge < -0.3 is 5.73 Å². The van der Waals surface area contributed by atoms with Crippen molar-refractivity contribution in [2.45, 2.75) is 0 Å². The van der Waals surface area contributed by atoms with Crippen molar-refractivity contribution < 1.29 is 0 Å². The summed E-state index contributed by atoms with van der Waals surface area (Å²) < 4.78 is 1.96. The second kappa shape index (κ2) is 4.78. The summed E-state index contributed by atoms with van der Waals surface area (Å²) in [6, 6.07) is 15.4. The molecular formula is C15H12ClN3. The van der Waals surface area contributed by atoms with Gasteiger partial charge >= 0.3 is 0 Å². The van der Waals surface area contributed by atoms with Gasteiger partial charge in [-0.2, -0.15) is 0 Å². The number of hydrogen-bond acceptors (Lipinski definition) is 2. The van der Waals surface area contributed by atoms with Crippen LogP contribution in [0.5, 0.6) is 0 Å². The topological polar surface area (TPSA) is 43.8 Å². The molecule has 0 atom stereocenters. The first-order valence-electron chi connectivity index (χ1n) is 5.90. The van der Waals surface area contributed by atoms with Gasteiger partial charge in [-0.05, 0) is 18.2 Å². The number of benzene rings is 2. The molecule has 0 fully saturated rings. The van der Waals surface area contributed by atoms with Gasteiger partial charge in [0.2, 0.25) is 0 Å². The average molecular weight is 270 g/mol. The van der Waals surface area contributed by atoms with Crippen LogP contribution in [0.15, 0.2) is 60.9 Å². The lowest BCUT2D eigenvalue weighted by Crippen LogP contribution is -2.00. The van der Waals surface area contributed by atoms with Gasteiger partial charge in [-0.1, -0.05) is 41.9 Å². The molecule has 2 N–H and O–H groups in total. The van der Waals surface area contributed by atoms with Crippen molar-refractivity contribution in [3.8, 4) is 17.1 Å². The van der Waals surface area contributed by atoms with Crippen molar-refractivity contribution in [2.75, 3.05) is 5.73 Å². The van der Waals surface area contributed by atoms with Gasteiger partial charge in [0.1, 0.15) is 5.82 Å². The van der Waals surface area contributed by atoms with Gasteiger partial charge in [0.15, 0.2) is 0 Å². The summed E-state index contributed by atoms with van der Waals surface area (Å²) in [6.45, 7) is 0. The quantitative estimate of drug-likeness (QED) is 0.720. The number of nitrogen functional groups attached to an aromatic ring is 1. The largest absolute Gasteiger partial charge is 0.397 e. The fourth-order valence-electron chi connectivity index (χ4n) is 2.04. The van der Waals surface area contributed by atoms with Crippen LogP contribution in [0.4, 0.5) is 5.69 Å². The maximum absolute atomic E-state index is 6.03. The summed E-state index contributed by atoms with van der Waals surface area (Å²) in [5.41, 5.74) is 8.57. The first-order valence-corrected chi connectivity index (χ1v) is 6.27. The lowest BCUT2D eigenvalue weighted by atomic mass is 10.2. The highest BCUT2D eigenvalue weighted by Crippen LogP contribution is 2.26. The second-order valence-corrected chi connectivity index (χ2v) is 4.63. The van der Waals surface area contributed by atoms with Crippen LogP contribution in [-0.4, -0.2) is 9.55 Å². The third-order valence-corrected chi connectivity index (χ3v) is 3.16. The van der Waals surface area contributed by atoms with E-state index in [0.717, 1.165) is 17.1 Å². The molecule has 1 aromatic heterocycles. The molecule has 94 valence electrons. The molecule has 0 saturated carbocycles. The van der Waals surface area contributed by atoms with E-state index in [1.807, 2.05) is 53.2 Å². The molecular weight excluding hydrogens is 258 g/mol. The van der Waals surface area contributed by atoms with Gasteiger partial charge in [0, 0.05) is 23.0 Å². The minimum atomic E-state index is 0.627. The number of imidazole rings is 1. The predicted molar refractivity (Wildman–Crippen MR) is 78.4 cm³/mol. The van der Waals surface area contributed by atoms with Gasteiger partial charge in [-0.25, -0.2) is 4.98 Å². The highest BCUT2D eigenvalue weighted by atomic mass is 35.5. The monoisotopic (exact) mass is 269 g/mol. The zero-order valence-electron chi connectivity index (χ0n) is 10.1.